The Labute approximate surface area is 59.7 Å². The molecule has 2 atom stereocenters. The van der Waals surface area contributed by atoms with E-state index in [2.05, 4.69) is 0 Å². The Morgan fingerprint density at radius 2 is 2.20 bits per heavy atom. The van der Waals surface area contributed by atoms with Gasteiger partial charge in [-0.2, -0.15) is 0 Å². The number of hydrogen-bond donors (Lipinski definition) is 3. The third-order valence-electron chi connectivity index (χ3n) is 1.36. The van der Waals surface area contributed by atoms with E-state index >= 15 is 0 Å². The van der Waals surface area contributed by atoms with Crippen molar-refractivity contribution >= 4 is 5.78 Å². The number of aliphatic hydroxyl groups excluding tert-OH is 2. The molecule has 0 aromatic rings. The summed E-state index contributed by atoms with van der Waals surface area (Å²) >= 11 is 0. The molecule has 0 amide bonds. The maximum atomic E-state index is 10.6. The molecule has 0 heterocycles. The molecule has 0 saturated heterocycles. The van der Waals surface area contributed by atoms with E-state index in [1.54, 1.807) is 6.92 Å². The number of rotatable bonds is 4. The lowest BCUT2D eigenvalue weighted by Gasteiger charge is -2.13. The highest BCUT2D eigenvalue weighted by Crippen LogP contribution is 2.01. The fourth-order valence-electron chi connectivity index (χ4n) is 0.538. The van der Waals surface area contributed by atoms with Crippen LogP contribution in [0.5, 0.6) is 0 Å². The second kappa shape index (κ2) is 4.38. The molecule has 0 aliphatic rings. The molecule has 0 aromatic heterocycles. The first-order valence-corrected chi connectivity index (χ1v) is 3.15. The number of hydrogen-bond acceptors (Lipinski definition) is 4. The second-order valence-corrected chi connectivity index (χ2v) is 2.28. The van der Waals surface area contributed by atoms with Gasteiger partial charge in [-0.3, -0.25) is 4.79 Å². The van der Waals surface area contributed by atoms with Crippen molar-refractivity contribution in [2.24, 2.45) is 11.7 Å². The molecule has 0 rings (SSSR count). The lowest BCUT2D eigenvalue weighted by atomic mass is 10.0. The van der Waals surface area contributed by atoms with Crippen LogP contribution in [-0.4, -0.2) is 35.3 Å². The zero-order valence-electron chi connectivity index (χ0n) is 5.95. The first-order valence-electron chi connectivity index (χ1n) is 3.15. The van der Waals surface area contributed by atoms with Crippen molar-refractivity contribution < 1.29 is 15.0 Å². The van der Waals surface area contributed by atoms with Crippen LogP contribution in [0.25, 0.3) is 0 Å². The molecule has 0 bridgehead atoms. The van der Waals surface area contributed by atoms with Gasteiger partial charge in [0.05, 0.1) is 6.54 Å². The highest BCUT2D eigenvalue weighted by atomic mass is 16.3. The Morgan fingerprint density at radius 3 is 2.50 bits per heavy atom. The summed E-state index contributed by atoms with van der Waals surface area (Å²) in [4.78, 5) is 10.6. The van der Waals surface area contributed by atoms with Gasteiger partial charge in [-0.05, 0) is 0 Å². The molecule has 0 spiro atoms. The van der Waals surface area contributed by atoms with Gasteiger partial charge >= 0.3 is 0 Å². The van der Waals surface area contributed by atoms with Crippen LogP contribution in [0.3, 0.4) is 0 Å². The van der Waals surface area contributed by atoms with Crippen molar-refractivity contribution in [2.45, 2.75) is 13.0 Å². The zero-order valence-corrected chi connectivity index (χ0v) is 5.95. The third-order valence-corrected chi connectivity index (χ3v) is 1.36. The predicted octanol–water partition coefficient (Wildman–Crippen LogP) is -1.50. The largest absolute Gasteiger partial charge is 0.396 e. The summed E-state index contributed by atoms with van der Waals surface area (Å²) in [6, 6.07) is 0. The van der Waals surface area contributed by atoms with Gasteiger partial charge in [-0.15, -0.1) is 0 Å². The molecule has 4 N–H and O–H groups in total. The third kappa shape index (κ3) is 2.43. The Balaban J connectivity index is 3.81. The summed E-state index contributed by atoms with van der Waals surface area (Å²) in [7, 11) is 0. The molecule has 0 aliphatic heterocycles. The Bertz CT molecular complexity index is 116. The van der Waals surface area contributed by atoms with Crippen molar-refractivity contribution in [3.8, 4) is 0 Å². The highest BCUT2D eigenvalue weighted by Gasteiger charge is 2.19. The smallest absolute Gasteiger partial charge is 0.175 e. The lowest BCUT2D eigenvalue weighted by molar-refractivity contribution is -0.128. The Kier molecular flexibility index (Phi) is 4.18. The van der Waals surface area contributed by atoms with Gasteiger partial charge in [0.2, 0.25) is 0 Å². The Morgan fingerprint density at radius 1 is 1.70 bits per heavy atom. The summed E-state index contributed by atoms with van der Waals surface area (Å²) in [5.74, 6) is -0.849. The SMILES string of the molecule is CC(CO)C(O)C(=O)CN. The molecule has 0 aliphatic carbocycles. The van der Waals surface area contributed by atoms with Gasteiger partial charge in [0, 0.05) is 12.5 Å². The summed E-state index contributed by atoms with van der Waals surface area (Å²) in [6.07, 6.45) is -1.12. The summed E-state index contributed by atoms with van der Waals surface area (Å²) in [6.45, 7) is 1.21. The van der Waals surface area contributed by atoms with Crippen molar-refractivity contribution in [3.63, 3.8) is 0 Å². The molecule has 4 nitrogen and oxygen atoms in total. The average molecular weight is 147 g/mol. The van der Waals surface area contributed by atoms with Crippen molar-refractivity contribution in [1.82, 2.24) is 0 Å². The molecule has 0 radical (unpaired) electrons. The molecule has 2 unspecified atom stereocenters. The van der Waals surface area contributed by atoms with Crippen molar-refractivity contribution in [2.75, 3.05) is 13.2 Å². The number of ketones is 1. The van der Waals surface area contributed by atoms with Crippen LogP contribution in [0.2, 0.25) is 0 Å². The molecule has 4 heteroatoms. The number of Topliss-reactive ketones (excluding diaryl/α,β-unsaturated/α-hetero) is 1. The first kappa shape index (κ1) is 9.55. The van der Waals surface area contributed by atoms with E-state index < -0.39 is 17.8 Å². The van der Waals surface area contributed by atoms with Crippen LogP contribution in [0.1, 0.15) is 6.92 Å². The monoisotopic (exact) mass is 147 g/mol. The molecule has 0 aromatic carbocycles. The standard InChI is InChI=1S/C6H13NO3/c1-4(3-8)6(10)5(9)2-7/h4,6,8,10H,2-3,7H2,1H3. The van der Waals surface area contributed by atoms with E-state index in [9.17, 15) is 4.79 Å². The van der Waals surface area contributed by atoms with Gasteiger partial charge in [-0.25, -0.2) is 0 Å². The van der Waals surface area contributed by atoms with Gasteiger partial charge in [0.15, 0.2) is 5.78 Å². The van der Waals surface area contributed by atoms with E-state index in [1.807, 2.05) is 0 Å². The van der Waals surface area contributed by atoms with Crippen LogP contribution in [0, 0.1) is 5.92 Å². The van der Waals surface area contributed by atoms with Crippen molar-refractivity contribution in [3.05, 3.63) is 0 Å². The average Bonchev–Trinajstić information content (AvgIpc) is 2.00. The normalized spacial score (nSPS) is 16.4. The van der Waals surface area contributed by atoms with E-state index in [0.717, 1.165) is 0 Å². The van der Waals surface area contributed by atoms with Gasteiger partial charge in [0.25, 0.3) is 0 Å². The summed E-state index contributed by atoms with van der Waals surface area (Å²) in [5.41, 5.74) is 4.97. The topological polar surface area (TPSA) is 83.5 Å². The predicted molar refractivity (Wildman–Crippen MR) is 36.3 cm³/mol. The molecule has 0 saturated carbocycles. The number of carbonyl (C=O) groups is 1. The highest BCUT2D eigenvalue weighted by molar-refractivity contribution is 5.84. The quantitative estimate of drug-likeness (QED) is 0.452. The number of nitrogens with two attached hydrogens (primary N) is 1. The molecular formula is C6H13NO3. The molecule has 10 heavy (non-hydrogen) atoms. The molecular weight excluding hydrogens is 134 g/mol. The molecule has 0 fully saturated rings. The lowest BCUT2D eigenvalue weighted by Crippen LogP contribution is -2.34. The van der Waals surface area contributed by atoms with E-state index in [1.165, 1.54) is 0 Å². The minimum atomic E-state index is -1.12. The van der Waals surface area contributed by atoms with Gasteiger partial charge in [-0.1, -0.05) is 6.92 Å². The van der Waals surface area contributed by atoms with Crippen LogP contribution >= 0.6 is 0 Å². The van der Waals surface area contributed by atoms with E-state index in [-0.39, 0.29) is 13.2 Å². The fraction of sp³-hybridized carbons (Fsp3) is 0.833. The maximum Gasteiger partial charge on any atom is 0.175 e. The van der Waals surface area contributed by atoms with Crippen LogP contribution in [-0.2, 0) is 4.79 Å². The zero-order chi connectivity index (χ0) is 8.15. The summed E-state index contributed by atoms with van der Waals surface area (Å²) < 4.78 is 0. The minimum absolute atomic E-state index is 0.175. The minimum Gasteiger partial charge on any atom is -0.396 e. The van der Waals surface area contributed by atoms with Gasteiger partial charge in [0.1, 0.15) is 6.10 Å². The maximum absolute atomic E-state index is 10.6. The van der Waals surface area contributed by atoms with E-state index in [4.69, 9.17) is 15.9 Å². The molecule has 60 valence electrons. The van der Waals surface area contributed by atoms with Crippen LogP contribution < -0.4 is 5.73 Å². The Hall–Kier alpha value is -0.450. The number of aliphatic hydroxyl groups is 2. The van der Waals surface area contributed by atoms with Crippen LogP contribution in [0.15, 0.2) is 0 Å². The van der Waals surface area contributed by atoms with E-state index in [0.29, 0.717) is 0 Å². The second-order valence-electron chi connectivity index (χ2n) is 2.28. The van der Waals surface area contributed by atoms with Gasteiger partial charge < -0.3 is 15.9 Å². The summed E-state index contributed by atoms with van der Waals surface area (Å²) in [5, 5.41) is 17.5. The van der Waals surface area contributed by atoms with Crippen molar-refractivity contribution in [1.29, 1.82) is 0 Å². The first-order chi connectivity index (χ1) is 4.63. The fourth-order valence-corrected chi connectivity index (χ4v) is 0.538. The number of carbonyl (C=O) groups excluding carboxylic acids is 1. The van der Waals surface area contributed by atoms with Crippen LogP contribution in [0.4, 0.5) is 0 Å².